The van der Waals surface area contributed by atoms with Crippen molar-refractivity contribution >= 4 is 29.9 Å². The van der Waals surface area contributed by atoms with Crippen molar-refractivity contribution in [1.29, 1.82) is 0 Å². The van der Waals surface area contributed by atoms with Crippen LogP contribution in [0.1, 0.15) is 29.2 Å². The van der Waals surface area contributed by atoms with Gasteiger partial charge in [-0.05, 0) is 36.1 Å². The van der Waals surface area contributed by atoms with Gasteiger partial charge in [-0.1, -0.05) is 48.5 Å². The highest BCUT2D eigenvalue weighted by molar-refractivity contribution is 14.0. The van der Waals surface area contributed by atoms with Gasteiger partial charge in [0.15, 0.2) is 5.96 Å². The number of rotatable bonds is 10. The van der Waals surface area contributed by atoms with Crippen LogP contribution < -0.4 is 10.6 Å². The second kappa shape index (κ2) is 14.4. The van der Waals surface area contributed by atoms with Crippen LogP contribution in [0.3, 0.4) is 0 Å². The number of nitrogens with zero attached hydrogens (tertiary/aromatic N) is 1. The highest BCUT2D eigenvalue weighted by Crippen LogP contribution is 2.08. The summed E-state index contributed by atoms with van der Waals surface area (Å²) in [6.07, 6.45) is 0. The van der Waals surface area contributed by atoms with Gasteiger partial charge in [-0.2, -0.15) is 0 Å². The van der Waals surface area contributed by atoms with Crippen molar-refractivity contribution < 1.29 is 9.47 Å². The molecule has 0 heterocycles. The summed E-state index contributed by atoms with van der Waals surface area (Å²) in [6, 6.07) is 16.8. The van der Waals surface area contributed by atoms with Gasteiger partial charge in [-0.15, -0.1) is 24.0 Å². The summed E-state index contributed by atoms with van der Waals surface area (Å²) in [5, 5.41) is 6.73. The molecule has 0 saturated carbocycles. The normalized spacial score (nSPS) is 11.0. The number of aryl methyl sites for hydroxylation is 1. The number of nitrogens with one attached hydrogen (secondary N) is 2. The van der Waals surface area contributed by atoms with E-state index in [9.17, 15) is 0 Å². The fourth-order valence-corrected chi connectivity index (χ4v) is 2.68. The fourth-order valence-electron chi connectivity index (χ4n) is 2.68. The largest absolute Gasteiger partial charge is 0.379 e. The molecule has 2 aromatic rings. The summed E-state index contributed by atoms with van der Waals surface area (Å²) in [5.74, 6) is 0.789. The third kappa shape index (κ3) is 9.03. The Hall–Kier alpha value is -1.64. The van der Waals surface area contributed by atoms with Crippen LogP contribution in [0.2, 0.25) is 0 Å². The first-order valence-electron chi connectivity index (χ1n) is 9.45. The molecule has 0 spiro atoms. The molecule has 0 aliphatic heterocycles. The second-order valence-corrected chi connectivity index (χ2v) is 6.28. The highest BCUT2D eigenvalue weighted by atomic mass is 127. The smallest absolute Gasteiger partial charge is 0.191 e. The van der Waals surface area contributed by atoms with Gasteiger partial charge in [0, 0.05) is 26.7 Å². The van der Waals surface area contributed by atoms with Crippen LogP contribution >= 0.6 is 24.0 Å². The van der Waals surface area contributed by atoms with E-state index in [1.165, 1.54) is 16.7 Å². The summed E-state index contributed by atoms with van der Waals surface area (Å²) < 4.78 is 10.9. The van der Waals surface area contributed by atoms with E-state index in [-0.39, 0.29) is 24.0 Å². The molecule has 0 aliphatic rings. The lowest BCUT2D eigenvalue weighted by Crippen LogP contribution is -2.36. The summed E-state index contributed by atoms with van der Waals surface area (Å²) in [7, 11) is 1.79. The van der Waals surface area contributed by atoms with Crippen molar-refractivity contribution in [2.75, 3.05) is 26.9 Å². The molecule has 0 aliphatic carbocycles. The average molecular weight is 497 g/mol. The van der Waals surface area contributed by atoms with Gasteiger partial charge in [-0.3, -0.25) is 4.99 Å². The van der Waals surface area contributed by atoms with E-state index in [2.05, 4.69) is 71.1 Å². The second-order valence-electron chi connectivity index (χ2n) is 6.28. The Labute approximate surface area is 186 Å². The molecule has 0 bridgehead atoms. The molecule has 0 aromatic heterocycles. The number of hydrogen-bond acceptors (Lipinski definition) is 3. The SMILES string of the molecule is CCOCCOCc1cccc(CNC(=NC)NCc2ccccc2C)c1.I. The number of guanidine groups is 1. The molecule has 0 radical (unpaired) electrons. The predicted octanol–water partition coefficient (Wildman–Crippen LogP) is 4.03. The van der Waals surface area contributed by atoms with Gasteiger partial charge in [0.2, 0.25) is 0 Å². The van der Waals surface area contributed by atoms with Crippen LogP contribution in [-0.2, 0) is 29.2 Å². The van der Waals surface area contributed by atoms with Gasteiger partial charge >= 0.3 is 0 Å². The Balaban J connectivity index is 0.00000392. The van der Waals surface area contributed by atoms with Crippen LogP contribution in [0.15, 0.2) is 53.5 Å². The first-order chi connectivity index (χ1) is 13.2. The summed E-state index contributed by atoms with van der Waals surface area (Å²) >= 11 is 0. The van der Waals surface area contributed by atoms with Crippen molar-refractivity contribution in [1.82, 2.24) is 10.6 Å². The molecule has 0 saturated heterocycles. The van der Waals surface area contributed by atoms with Crippen molar-refractivity contribution in [3.63, 3.8) is 0 Å². The van der Waals surface area contributed by atoms with E-state index in [0.29, 0.717) is 26.4 Å². The van der Waals surface area contributed by atoms with Gasteiger partial charge < -0.3 is 20.1 Å². The zero-order chi connectivity index (χ0) is 19.3. The number of hydrogen-bond donors (Lipinski definition) is 2. The first-order valence-corrected chi connectivity index (χ1v) is 9.45. The lowest BCUT2D eigenvalue weighted by atomic mass is 10.1. The van der Waals surface area contributed by atoms with E-state index in [0.717, 1.165) is 24.7 Å². The minimum Gasteiger partial charge on any atom is -0.379 e. The van der Waals surface area contributed by atoms with Crippen molar-refractivity contribution in [3.8, 4) is 0 Å². The summed E-state index contributed by atoms with van der Waals surface area (Å²) in [5.41, 5.74) is 4.90. The molecule has 2 aromatic carbocycles. The summed E-state index contributed by atoms with van der Waals surface area (Å²) in [6.45, 7) is 8.15. The summed E-state index contributed by atoms with van der Waals surface area (Å²) in [4.78, 5) is 4.30. The highest BCUT2D eigenvalue weighted by Gasteiger charge is 2.02. The average Bonchev–Trinajstić information content (AvgIpc) is 2.69. The Bertz CT molecular complexity index is 722. The molecule has 2 rings (SSSR count). The molecule has 28 heavy (non-hydrogen) atoms. The third-order valence-electron chi connectivity index (χ3n) is 4.23. The Kier molecular flexibility index (Phi) is 12.5. The number of halogens is 1. The monoisotopic (exact) mass is 497 g/mol. The van der Waals surface area contributed by atoms with Gasteiger partial charge in [-0.25, -0.2) is 0 Å². The topological polar surface area (TPSA) is 54.9 Å². The number of benzene rings is 2. The zero-order valence-electron chi connectivity index (χ0n) is 17.0. The molecule has 0 atom stereocenters. The van der Waals surface area contributed by atoms with E-state index in [1.54, 1.807) is 7.05 Å². The maximum absolute atomic E-state index is 5.64. The third-order valence-corrected chi connectivity index (χ3v) is 4.23. The lowest BCUT2D eigenvalue weighted by Gasteiger charge is -2.13. The van der Waals surface area contributed by atoms with Gasteiger partial charge in [0.25, 0.3) is 0 Å². The Morgan fingerprint density at radius 3 is 2.39 bits per heavy atom. The van der Waals surface area contributed by atoms with Crippen molar-refractivity contribution in [3.05, 3.63) is 70.8 Å². The molecule has 6 heteroatoms. The molecule has 0 unspecified atom stereocenters. The quantitative estimate of drug-likeness (QED) is 0.225. The van der Waals surface area contributed by atoms with E-state index < -0.39 is 0 Å². The molecule has 0 fully saturated rings. The standard InChI is InChI=1S/C22H31N3O2.HI/c1-4-26-12-13-27-17-20-10-7-9-19(14-20)15-24-22(23-3)25-16-21-11-6-5-8-18(21)2;/h5-11,14H,4,12-13,15-17H2,1-3H3,(H2,23,24,25);1H. The van der Waals surface area contributed by atoms with Crippen LogP contribution in [0, 0.1) is 6.92 Å². The van der Waals surface area contributed by atoms with Crippen LogP contribution in [0.5, 0.6) is 0 Å². The zero-order valence-corrected chi connectivity index (χ0v) is 19.4. The molecular formula is C22H32IN3O2. The first kappa shape index (κ1) is 24.4. The molecule has 5 nitrogen and oxygen atoms in total. The van der Waals surface area contributed by atoms with Gasteiger partial charge in [0.1, 0.15) is 0 Å². The van der Waals surface area contributed by atoms with E-state index >= 15 is 0 Å². The lowest BCUT2D eigenvalue weighted by molar-refractivity contribution is 0.0453. The molecule has 0 amide bonds. The Morgan fingerprint density at radius 2 is 1.64 bits per heavy atom. The Morgan fingerprint density at radius 1 is 0.929 bits per heavy atom. The molecule has 2 N–H and O–H groups in total. The maximum Gasteiger partial charge on any atom is 0.191 e. The number of aliphatic imine (C=N–C) groups is 1. The molecular weight excluding hydrogens is 465 g/mol. The maximum atomic E-state index is 5.64. The van der Waals surface area contributed by atoms with E-state index in [4.69, 9.17) is 9.47 Å². The fraction of sp³-hybridized carbons (Fsp3) is 0.409. The van der Waals surface area contributed by atoms with Crippen molar-refractivity contribution in [2.45, 2.75) is 33.5 Å². The minimum absolute atomic E-state index is 0. The van der Waals surface area contributed by atoms with Crippen LogP contribution in [0.25, 0.3) is 0 Å². The molecule has 154 valence electrons. The van der Waals surface area contributed by atoms with Gasteiger partial charge in [0.05, 0.1) is 19.8 Å². The van der Waals surface area contributed by atoms with E-state index in [1.807, 2.05) is 6.92 Å². The minimum atomic E-state index is 0. The number of ether oxygens (including phenoxy) is 2. The predicted molar refractivity (Wildman–Crippen MR) is 126 cm³/mol. The van der Waals surface area contributed by atoms with Crippen molar-refractivity contribution in [2.24, 2.45) is 4.99 Å². The van der Waals surface area contributed by atoms with Crippen LogP contribution in [0.4, 0.5) is 0 Å². The van der Waals surface area contributed by atoms with Crippen LogP contribution in [-0.4, -0.2) is 32.8 Å².